The van der Waals surface area contributed by atoms with Gasteiger partial charge in [0.1, 0.15) is 0 Å². The molecular weight excluding hydrogens is 374 g/mol. The summed E-state index contributed by atoms with van der Waals surface area (Å²) in [5.74, 6) is 0.850. The molecule has 0 radical (unpaired) electrons. The molecule has 30 heavy (non-hydrogen) atoms. The van der Waals surface area contributed by atoms with Crippen molar-refractivity contribution in [1.82, 2.24) is 14.7 Å². The molecule has 5 rings (SSSR count). The minimum Gasteiger partial charge on any atom is -0.312 e. The van der Waals surface area contributed by atoms with Crippen molar-refractivity contribution in [3.8, 4) is 6.07 Å². The van der Waals surface area contributed by atoms with Gasteiger partial charge in [0, 0.05) is 31.9 Å². The van der Waals surface area contributed by atoms with Gasteiger partial charge in [-0.2, -0.15) is 5.26 Å². The zero-order chi connectivity index (χ0) is 20.7. The molecule has 3 aliphatic heterocycles. The maximum atomic E-state index is 13.4. The largest absolute Gasteiger partial charge is 0.312 e. The van der Waals surface area contributed by atoms with Crippen LogP contribution in [0.15, 0.2) is 64.8 Å². The van der Waals surface area contributed by atoms with Gasteiger partial charge in [0.15, 0.2) is 0 Å². The molecule has 0 saturated heterocycles. The summed E-state index contributed by atoms with van der Waals surface area (Å²) in [4.78, 5) is 24.4. The number of aliphatic imine (C=N–C) groups is 1. The first kappa shape index (κ1) is 18.6. The highest BCUT2D eigenvalue weighted by molar-refractivity contribution is 6.10. The second kappa shape index (κ2) is 7.43. The van der Waals surface area contributed by atoms with Gasteiger partial charge in [-0.3, -0.25) is 19.6 Å². The predicted molar refractivity (Wildman–Crippen MR) is 114 cm³/mol. The Morgan fingerprint density at radius 3 is 2.70 bits per heavy atom. The molecule has 3 heterocycles. The fourth-order valence-corrected chi connectivity index (χ4v) is 4.42. The van der Waals surface area contributed by atoms with Crippen LogP contribution in [0.3, 0.4) is 0 Å². The second-order valence-electron chi connectivity index (χ2n) is 8.09. The van der Waals surface area contributed by atoms with Gasteiger partial charge in [0.2, 0.25) is 5.96 Å². The summed E-state index contributed by atoms with van der Waals surface area (Å²) >= 11 is 0. The Morgan fingerprint density at radius 2 is 1.90 bits per heavy atom. The van der Waals surface area contributed by atoms with E-state index in [-0.39, 0.29) is 5.91 Å². The fraction of sp³-hybridized carbons (Fsp3) is 0.292. The molecular formula is C24H23N5O. The van der Waals surface area contributed by atoms with E-state index < -0.39 is 0 Å². The van der Waals surface area contributed by atoms with Crippen LogP contribution in [-0.4, -0.2) is 52.7 Å². The number of nitrogens with zero attached hydrogens (tertiary/aromatic N) is 5. The number of carbonyl (C=O) groups excluding carboxylic acids is 1. The van der Waals surface area contributed by atoms with Crippen LogP contribution in [0, 0.1) is 18.3 Å². The van der Waals surface area contributed by atoms with E-state index in [0.29, 0.717) is 31.7 Å². The molecule has 3 aliphatic rings. The topological polar surface area (TPSA) is 62.9 Å². The number of guanidine groups is 1. The standard InChI is InChI=1S/C24H23N5O/c1-17-5-7-18(8-6-17)14-29-23(30)21-15-27(13-20-4-2-3-19(11-20)12-25)16-22(21)28-10-9-26-24(28)29/h2-8,11H,9-10,13-16H2,1H3. The van der Waals surface area contributed by atoms with Crippen molar-refractivity contribution >= 4 is 11.9 Å². The highest BCUT2D eigenvalue weighted by Crippen LogP contribution is 2.32. The van der Waals surface area contributed by atoms with E-state index in [2.05, 4.69) is 52.1 Å². The summed E-state index contributed by atoms with van der Waals surface area (Å²) in [6, 6.07) is 18.2. The Labute approximate surface area is 176 Å². The highest BCUT2D eigenvalue weighted by atomic mass is 16.2. The van der Waals surface area contributed by atoms with Crippen LogP contribution in [0.1, 0.15) is 22.3 Å². The van der Waals surface area contributed by atoms with Crippen LogP contribution in [0.5, 0.6) is 0 Å². The monoisotopic (exact) mass is 397 g/mol. The van der Waals surface area contributed by atoms with Gasteiger partial charge >= 0.3 is 0 Å². The Balaban J connectivity index is 1.37. The van der Waals surface area contributed by atoms with E-state index in [1.807, 2.05) is 29.2 Å². The van der Waals surface area contributed by atoms with E-state index in [0.717, 1.165) is 41.4 Å². The van der Waals surface area contributed by atoms with E-state index in [4.69, 9.17) is 5.26 Å². The van der Waals surface area contributed by atoms with Crippen molar-refractivity contribution < 1.29 is 4.79 Å². The van der Waals surface area contributed by atoms with Crippen LogP contribution in [-0.2, 0) is 17.9 Å². The number of amides is 1. The maximum Gasteiger partial charge on any atom is 0.259 e. The number of fused-ring (bicyclic) bond motifs is 2. The molecule has 150 valence electrons. The van der Waals surface area contributed by atoms with Gasteiger partial charge in [-0.25, -0.2) is 0 Å². The number of carbonyl (C=O) groups is 1. The Kier molecular flexibility index (Phi) is 4.61. The van der Waals surface area contributed by atoms with Crippen LogP contribution >= 0.6 is 0 Å². The molecule has 1 amide bonds. The predicted octanol–water partition coefficient (Wildman–Crippen LogP) is 2.65. The second-order valence-corrected chi connectivity index (χ2v) is 8.09. The van der Waals surface area contributed by atoms with Gasteiger partial charge in [0.25, 0.3) is 5.91 Å². The van der Waals surface area contributed by atoms with Gasteiger partial charge in [0.05, 0.1) is 30.3 Å². The molecule has 0 unspecified atom stereocenters. The SMILES string of the molecule is Cc1ccc(CN2C(=O)C3=C(CN(Cc4cccc(C#N)c4)C3)N3CCN=C23)cc1. The lowest BCUT2D eigenvalue weighted by Gasteiger charge is -2.35. The van der Waals surface area contributed by atoms with Crippen molar-refractivity contribution in [2.24, 2.45) is 4.99 Å². The van der Waals surface area contributed by atoms with Gasteiger partial charge in [-0.05, 0) is 30.2 Å². The lowest BCUT2D eigenvalue weighted by molar-refractivity contribution is -0.125. The average molecular weight is 397 g/mol. The van der Waals surface area contributed by atoms with Gasteiger partial charge in [-0.1, -0.05) is 42.0 Å². The maximum absolute atomic E-state index is 13.4. The number of aryl methyl sites for hydroxylation is 1. The van der Waals surface area contributed by atoms with Gasteiger partial charge in [-0.15, -0.1) is 0 Å². The highest BCUT2D eigenvalue weighted by Gasteiger charge is 2.42. The Bertz CT molecular complexity index is 1110. The van der Waals surface area contributed by atoms with E-state index >= 15 is 0 Å². The quantitative estimate of drug-likeness (QED) is 0.796. The van der Waals surface area contributed by atoms with E-state index in [9.17, 15) is 4.79 Å². The first-order valence-electron chi connectivity index (χ1n) is 10.3. The molecule has 2 aromatic carbocycles. The minimum absolute atomic E-state index is 0.0655. The summed E-state index contributed by atoms with van der Waals surface area (Å²) in [5.41, 5.74) is 6.04. The van der Waals surface area contributed by atoms with Gasteiger partial charge < -0.3 is 4.90 Å². The molecule has 0 fully saturated rings. The molecule has 0 aromatic heterocycles. The molecule has 0 N–H and O–H groups in total. The molecule has 0 aliphatic carbocycles. The average Bonchev–Trinajstić information content (AvgIpc) is 3.40. The fourth-order valence-electron chi connectivity index (χ4n) is 4.42. The molecule has 0 atom stereocenters. The lowest BCUT2D eigenvalue weighted by Crippen LogP contribution is -2.49. The summed E-state index contributed by atoms with van der Waals surface area (Å²) in [5, 5.41) is 9.15. The first-order chi connectivity index (χ1) is 14.6. The third kappa shape index (κ3) is 3.27. The normalized spacial score (nSPS) is 18.4. The molecule has 2 aromatic rings. The smallest absolute Gasteiger partial charge is 0.259 e. The zero-order valence-corrected chi connectivity index (χ0v) is 17.0. The van der Waals surface area contributed by atoms with Crippen molar-refractivity contribution in [3.63, 3.8) is 0 Å². The van der Waals surface area contributed by atoms with Crippen LogP contribution in [0.4, 0.5) is 0 Å². The third-order valence-corrected chi connectivity index (χ3v) is 5.92. The summed E-state index contributed by atoms with van der Waals surface area (Å²) < 4.78 is 0. The van der Waals surface area contributed by atoms with Crippen LogP contribution in [0.25, 0.3) is 0 Å². The number of hydrogen-bond donors (Lipinski definition) is 0. The summed E-state index contributed by atoms with van der Waals surface area (Å²) in [6.07, 6.45) is 0. The zero-order valence-electron chi connectivity index (χ0n) is 17.0. The molecule has 0 saturated carbocycles. The van der Waals surface area contributed by atoms with Crippen molar-refractivity contribution in [1.29, 1.82) is 5.26 Å². The van der Waals surface area contributed by atoms with E-state index in [1.165, 1.54) is 5.56 Å². The minimum atomic E-state index is 0.0655. The van der Waals surface area contributed by atoms with Crippen molar-refractivity contribution in [2.75, 3.05) is 26.2 Å². The van der Waals surface area contributed by atoms with Crippen molar-refractivity contribution in [2.45, 2.75) is 20.0 Å². The molecule has 0 spiro atoms. The van der Waals surface area contributed by atoms with Crippen LogP contribution in [0.2, 0.25) is 0 Å². The van der Waals surface area contributed by atoms with Crippen molar-refractivity contribution in [3.05, 3.63) is 82.1 Å². The molecule has 0 bridgehead atoms. The molecule has 6 nitrogen and oxygen atoms in total. The Hall–Kier alpha value is -3.43. The van der Waals surface area contributed by atoms with E-state index in [1.54, 1.807) is 0 Å². The number of hydrogen-bond acceptors (Lipinski definition) is 5. The third-order valence-electron chi connectivity index (χ3n) is 5.92. The molecule has 6 heteroatoms. The van der Waals surface area contributed by atoms with Crippen LogP contribution < -0.4 is 0 Å². The number of nitriles is 1. The summed E-state index contributed by atoms with van der Waals surface area (Å²) in [6.45, 7) is 6.21. The number of benzene rings is 2. The first-order valence-corrected chi connectivity index (χ1v) is 10.3. The number of rotatable bonds is 4. The lowest BCUT2D eigenvalue weighted by atomic mass is 10.1. The summed E-state index contributed by atoms with van der Waals surface area (Å²) in [7, 11) is 0. The Morgan fingerprint density at radius 1 is 1.07 bits per heavy atom.